The first-order valence-electron chi connectivity index (χ1n) is 8.75. The van der Waals surface area contributed by atoms with Gasteiger partial charge in [0.05, 0.1) is 0 Å². The summed E-state index contributed by atoms with van der Waals surface area (Å²) in [6.45, 7) is 2.75. The number of hydrogen-bond donors (Lipinski definition) is 1. The Morgan fingerprint density at radius 2 is 2.00 bits per heavy atom. The van der Waals surface area contributed by atoms with Crippen LogP contribution in [-0.2, 0) is 6.54 Å². The summed E-state index contributed by atoms with van der Waals surface area (Å²) in [4.78, 5) is 29.6. The fraction of sp³-hybridized carbons (Fsp3) is 0.471. The molecule has 0 unspecified atom stereocenters. The highest BCUT2D eigenvalue weighted by atomic mass is 16.1. The normalized spacial score (nSPS) is 16.4. The highest BCUT2D eigenvalue weighted by Gasteiger charge is 2.31. The third-order valence-corrected chi connectivity index (χ3v) is 4.54. The summed E-state index contributed by atoms with van der Waals surface area (Å²) < 4.78 is 1.90. The Morgan fingerprint density at radius 1 is 1.24 bits per heavy atom. The number of aromatic nitrogens is 4. The number of hydrogen-bond acceptors (Lipinski definition) is 6. The van der Waals surface area contributed by atoms with E-state index in [0.717, 1.165) is 25.1 Å². The van der Waals surface area contributed by atoms with Crippen LogP contribution in [0.5, 0.6) is 0 Å². The van der Waals surface area contributed by atoms with E-state index in [2.05, 4.69) is 32.5 Å². The number of nitrogens with one attached hydrogen (secondary N) is 1. The molecule has 1 saturated carbocycles. The highest BCUT2D eigenvalue weighted by molar-refractivity contribution is 5.96. The molecule has 1 fully saturated rings. The molecule has 1 aliphatic heterocycles. The van der Waals surface area contributed by atoms with Crippen molar-refractivity contribution >= 4 is 29.2 Å². The zero-order valence-electron chi connectivity index (χ0n) is 14.1. The van der Waals surface area contributed by atoms with E-state index in [-0.39, 0.29) is 5.56 Å². The molecule has 1 N–H and O–H groups in total. The fourth-order valence-electron chi connectivity index (χ4n) is 3.35. The van der Waals surface area contributed by atoms with E-state index in [1.807, 2.05) is 4.57 Å². The maximum Gasteiger partial charge on any atom is 0.302 e. The number of anilines is 2. The first-order chi connectivity index (χ1) is 12.3. The molecular formula is C17H20N7O. The summed E-state index contributed by atoms with van der Waals surface area (Å²) in [5.74, 6) is 2.54. The standard InChI is InChI=1S/C17H20N7O/c1-2-10-24-14-12(20-13(21-14)11-6-3-4-7-11)15(25)22-17(24)23-16-18-8-5-9-19-16/h5,8-9,11H,2-4,6-7,10H2,1H3,(H,18,19,22,23,25). The Balaban J connectivity index is 1.75. The van der Waals surface area contributed by atoms with Gasteiger partial charge >= 0.3 is 5.56 Å². The van der Waals surface area contributed by atoms with Crippen molar-refractivity contribution < 1.29 is 0 Å². The second kappa shape index (κ2) is 6.62. The van der Waals surface area contributed by atoms with Gasteiger partial charge in [0, 0.05) is 24.9 Å². The van der Waals surface area contributed by atoms with Gasteiger partial charge in [-0.1, -0.05) is 19.8 Å². The van der Waals surface area contributed by atoms with Crippen LogP contribution >= 0.6 is 0 Å². The molecule has 0 spiro atoms. The second-order valence-electron chi connectivity index (χ2n) is 6.32. The van der Waals surface area contributed by atoms with Gasteiger partial charge in [-0.2, -0.15) is 4.98 Å². The number of rotatable bonds is 5. The molecular weight excluding hydrogens is 318 g/mol. The molecule has 8 heteroatoms. The van der Waals surface area contributed by atoms with Gasteiger partial charge in [0.2, 0.25) is 11.9 Å². The van der Waals surface area contributed by atoms with Crippen molar-refractivity contribution in [3.05, 3.63) is 28.8 Å². The number of amidine groups is 1. The van der Waals surface area contributed by atoms with E-state index in [4.69, 9.17) is 4.99 Å². The minimum Gasteiger partial charge on any atom is -0.294 e. The van der Waals surface area contributed by atoms with E-state index in [1.54, 1.807) is 18.5 Å². The van der Waals surface area contributed by atoms with Crippen LogP contribution in [-0.4, -0.2) is 25.4 Å². The molecule has 2 aromatic rings. The molecule has 4 rings (SSSR count). The van der Waals surface area contributed by atoms with Crippen LogP contribution in [0.3, 0.4) is 0 Å². The summed E-state index contributed by atoms with van der Waals surface area (Å²) in [6.07, 6.45) is 8.74. The van der Waals surface area contributed by atoms with Crippen LogP contribution < -0.4 is 16.2 Å². The van der Waals surface area contributed by atoms with Crippen molar-refractivity contribution in [3.63, 3.8) is 0 Å². The lowest BCUT2D eigenvalue weighted by Crippen LogP contribution is -2.22. The van der Waals surface area contributed by atoms with Crippen molar-refractivity contribution in [1.82, 2.24) is 24.8 Å². The summed E-state index contributed by atoms with van der Waals surface area (Å²) in [5.41, 5.74) is -0.00703. The van der Waals surface area contributed by atoms with Crippen molar-refractivity contribution in [1.29, 1.82) is 0 Å². The van der Waals surface area contributed by atoms with Crippen molar-refractivity contribution in [2.45, 2.75) is 45.6 Å². The van der Waals surface area contributed by atoms with E-state index < -0.39 is 0 Å². The molecule has 25 heavy (non-hydrogen) atoms. The van der Waals surface area contributed by atoms with E-state index in [9.17, 15) is 4.79 Å². The van der Waals surface area contributed by atoms with E-state index in [1.165, 1.54) is 12.8 Å². The molecule has 129 valence electrons. The topological polar surface area (TPSA) is 99.2 Å². The summed E-state index contributed by atoms with van der Waals surface area (Å²) in [7, 11) is 0. The van der Waals surface area contributed by atoms with E-state index in [0.29, 0.717) is 35.9 Å². The SMILES string of the molecule is CCCn1c(Nc2ncccn2)nc(=O)c2c1N=C(C1CCCC1)[N]2. The third-order valence-electron chi connectivity index (χ3n) is 4.54. The third kappa shape index (κ3) is 2.99. The molecule has 1 aliphatic carbocycles. The zero-order chi connectivity index (χ0) is 17.2. The number of nitrogens with zero attached hydrogens (tertiary/aromatic N) is 6. The van der Waals surface area contributed by atoms with Crippen LogP contribution in [0, 0.1) is 5.92 Å². The van der Waals surface area contributed by atoms with Crippen molar-refractivity contribution in [2.75, 3.05) is 5.32 Å². The molecule has 2 aromatic heterocycles. The van der Waals surface area contributed by atoms with Crippen molar-refractivity contribution in [2.24, 2.45) is 10.9 Å². The van der Waals surface area contributed by atoms with Crippen LogP contribution in [0.1, 0.15) is 39.0 Å². The molecule has 0 aromatic carbocycles. The maximum atomic E-state index is 12.5. The Hall–Kier alpha value is -2.77. The summed E-state index contributed by atoms with van der Waals surface area (Å²) in [5, 5.41) is 7.55. The van der Waals surface area contributed by atoms with Gasteiger partial charge in [0.25, 0.3) is 0 Å². The minimum absolute atomic E-state index is 0.356. The maximum absolute atomic E-state index is 12.5. The Labute approximate surface area is 145 Å². The van der Waals surface area contributed by atoms with Crippen LogP contribution in [0.15, 0.2) is 28.2 Å². The Morgan fingerprint density at radius 3 is 2.72 bits per heavy atom. The first-order valence-corrected chi connectivity index (χ1v) is 8.75. The quantitative estimate of drug-likeness (QED) is 0.903. The molecule has 0 saturated heterocycles. The van der Waals surface area contributed by atoms with Gasteiger partial charge < -0.3 is 0 Å². The zero-order valence-corrected chi connectivity index (χ0v) is 14.1. The fourth-order valence-corrected chi connectivity index (χ4v) is 3.35. The molecule has 8 nitrogen and oxygen atoms in total. The van der Waals surface area contributed by atoms with Crippen LogP contribution in [0.25, 0.3) is 0 Å². The molecule has 0 bridgehead atoms. The predicted octanol–water partition coefficient (Wildman–Crippen LogP) is 2.66. The smallest absolute Gasteiger partial charge is 0.294 e. The lowest BCUT2D eigenvalue weighted by molar-refractivity contribution is 0.672. The molecule has 2 aliphatic rings. The molecule has 0 atom stereocenters. The number of fused-ring (bicyclic) bond motifs is 1. The first kappa shape index (κ1) is 15.7. The highest BCUT2D eigenvalue weighted by Crippen LogP contribution is 2.35. The lowest BCUT2D eigenvalue weighted by Gasteiger charge is -2.14. The van der Waals surface area contributed by atoms with Gasteiger partial charge in [0.1, 0.15) is 5.84 Å². The van der Waals surface area contributed by atoms with Crippen LogP contribution in [0.2, 0.25) is 0 Å². The van der Waals surface area contributed by atoms with Gasteiger partial charge in [-0.25, -0.2) is 20.3 Å². The Bertz CT molecular complexity index is 853. The predicted molar refractivity (Wildman–Crippen MR) is 94.9 cm³/mol. The summed E-state index contributed by atoms with van der Waals surface area (Å²) >= 11 is 0. The van der Waals surface area contributed by atoms with Gasteiger partial charge in [-0.05, 0) is 25.3 Å². The minimum atomic E-state index is -0.363. The summed E-state index contributed by atoms with van der Waals surface area (Å²) in [6, 6.07) is 1.73. The largest absolute Gasteiger partial charge is 0.302 e. The molecule has 0 amide bonds. The number of aliphatic imine (C=N–C) groups is 1. The van der Waals surface area contributed by atoms with Gasteiger partial charge in [0.15, 0.2) is 11.5 Å². The average molecular weight is 338 g/mol. The molecule has 1 radical (unpaired) electrons. The van der Waals surface area contributed by atoms with Crippen LogP contribution in [0.4, 0.5) is 23.4 Å². The second-order valence-corrected chi connectivity index (χ2v) is 6.32. The average Bonchev–Trinajstić information content (AvgIpc) is 3.29. The van der Waals surface area contributed by atoms with Gasteiger partial charge in [-0.3, -0.25) is 14.7 Å². The van der Waals surface area contributed by atoms with E-state index >= 15 is 0 Å². The monoisotopic (exact) mass is 338 g/mol. The lowest BCUT2D eigenvalue weighted by atomic mass is 10.1. The Kier molecular flexibility index (Phi) is 4.17. The van der Waals surface area contributed by atoms with Crippen molar-refractivity contribution in [3.8, 4) is 0 Å². The van der Waals surface area contributed by atoms with Gasteiger partial charge in [-0.15, -0.1) is 0 Å². The molecule has 3 heterocycles.